The average molecular weight is 242 g/mol. The van der Waals surface area contributed by atoms with E-state index in [4.69, 9.17) is 18.0 Å². The Morgan fingerprint density at radius 2 is 2.19 bits per heavy atom. The predicted molar refractivity (Wildman–Crippen MR) is 70.2 cm³/mol. The second kappa shape index (κ2) is 6.18. The van der Waals surface area contributed by atoms with E-state index in [9.17, 15) is 4.79 Å². The second-order valence-electron chi connectivity index (χ2n) is 4.93. The van der Waals surface area contributed by atoms with Gasteiger partial charge in [0.15, 0.2) is 0 Å². The number of carbonyl (C=O) groups is 1. The van der Waals surface area contributed by atoms with Gasteiger partial charge in [0.2, 0.25) is 5.91 Å². The summed E-state index contributed by atoms with van der Waals surface area (Å²) in [5.41, 5.74) is 5.69. The Labute approximate surface area is 103 Å². The van der Waals surface area contributed by atoms with E-state index >= 15 is 0 Å². The van der Waals surface area contributed by atoms with Crippen LogP contribution in [-0.2, 0) is 4.79 Å². The molecule has 4 heteroatoms. The summed E-state index contributed by atoms with van der Waals surface area (Å²) in [6.45, 7) is 5.09. The molecule has 0 bridgehead atoms. The highest BCUT2D eigenvalue weighted by atomic mass is 32.1. The molecule has 1 amide bonds. The lowest BCUT2D eigenvalue weighted by atomic mass is 10.0. The molecule has 3 nitrogen and oxygen atoms in total. The topological polar surface area (TPSA) is 46.3 Å². The molecule has 1 atom stereocenters. The first-order chi connectivity index (χ1) is 7.52. The van der Waals surface area contributed by atoms with Gasteiger partial charge in [-0.25, -0.2) is 0 Å². The predicted octanol–water partition coefficient (Wildman–Crippen LogP) is 2.09. The molecule has 0 aromatic carbocycles. The standard InChI is InChI=1S/C12H22N2OS/c1-9(2)6-7-11(15)14-8-4-3-5-10(14)12(13)16/h9-10H,3-8H2,1-2H3,(H2,13,16). The zero-order chi connectivity index (χ0) is 12.1. The van der Waals surface area contributed by atoms with Crippen LogP contribution in [0.3, 0.4) is 0 Å². The number of thiocarbonyl (C=S) groups is 1. The molecule has 0 radical (unpaired) electrons. The van der Waals surface area contributed by atoms with Crippen LogP contribution in [0, 0.1) is 5.92 Å². The molecule has 16 heavy (non-hydrogen) atoms. The van der Waals surface area contributed by atoms with Crippen LogP contribution in [-0.4, -0.2) is 28.4 Å². The van der Waals surface area contributed by atoms with Crippen LogP contribution in [0.1, 0.15) is 46.0 Å². The first-order valence-corrected chi connectivity index (χ1v) is 6.52. The molecule has 1 aliphatic heterocycles. The molecule has 0 saturated carbocycles. The molecular weight excluding hydrogens is 220 g/mol. The second-order valence-corrected chi connectivity index (χ2v) is 5.41. The highest BCUT2D eigenvalue weighted by Gasteiger charge is 2.28. The van der Waals surface area contributed by atoms with Gasteiger partial charge in [-0.05, 0) is 31.6 Å². The molecule has 0 spiro atoms. The lowest BCUT2D eigenvalue weighted by Crippen LogP contribution is -2.49. The van der Waals surface area contributed by atoms with Gasteiger partial charge in [-0.3, -0.25) is 4.79 Å². The Hall–Kier alpha value is -0.640. The summed E-state index contributed by atoms with van der Waals surface area (Å²) in [6, 6.07) is 0.00316. The third-order valence-corrected chi connectivity index (χ3v) is 3.36. The van der Waals surface area contributed by atoms with Crippen LogP contribution in [0.5, 0.6) is 0 Å². The molecule has 1 heterocycles. The summed E-state index contributed by atoms with van der Waals surface area (Å²) in [5, 5.41) is 0. The van der Waals surface area contributed by atoms with Gasteiger partial charge in [-0.1, -0.05) is 26.1 Å². The SMILES string of the molecule is CC(C)CCC(=O)N1CCCCC1C(N)=S. The van der Waals surface area contributed by atoms with Crippen molar-refractivity contribution >= 4 is 23.1 Å². The summed E-state index contributed by atoms with van der Waals surface area (Å²) in [4.78, 5) is 14.4. The van der Waals surface area contributed by atoms with Gasteiger partial charge in [-0.15, -0.1) is 0 Å². The minimum absolute atomic E-state index is 0.00316. The van der Waals surface area contributed by atoms with Gasteiger partial charge >= 0.3 is 0 Å². The zero-order valence-corrected chi connectivity index (χ0v) is 11.1. The number of amides is 1. The first-order valence-electron chi connectivity index (χ1n) is 6.11. The Balaban J connectivity index is 2.54. The van der Waals surface area contributed by atoms with E-state index in [-0.39, 0.29) is 11.9 Å². The summed E-state index contributed by atoms with van der Waals surface area (Å²) in [6.07, 6.45) is 4.70. The van der Waals surface area contributed by atoms with Crippen LogP contribution in [0.15, 0.2) is 0 Å². The van der Waals surface area contributed by atoms with Crippen molar-refractivity contribution in [1.82, 2.24) is 4.90 Å². The maximum absolute atomic E-state index is 12.0. The van der Waals surface area contributed by atoms with Gasteiger partial charge in [0, 0.05) is 13.0 Å². The number of rotatable bonds is 4. The molecule has 2 N–H and O–H groups in total. The number of nitrogens with zero attached hydrogens (tertiary/aromatic N) is 1. The fraction of sp³-hybridized carbons (Fsp3) is 0.833. The summed E-state index contributed by atoms with van der Waals surface area (Å²) in [5.74, 6) is 0.781. The molecule has 1 fully saturated rings. The maximum Gasteiger partial charge on any atom is 0.223 e. The number of carbonyl (C=O) groups excluding carboxylic acids is 1. The molecule has 0 aliphatic carbocycles. The smallest absolute Gasteiger partial charge is 0.223 e. The Kier molecular flexibility index (Phi) is 5.19. The van der Waals surface area contributed by atoms with Crippen molar-refractivity contribution in [3.63, 3.8) is 0 Å². The molecule has 1 unspecified atom stereocenters. The van der Waals surface area contributed by atoms with Crippen molar-refractivity contribution < 1.29 is 4.79 Å². The van der Waals surface area contributed by atoms with Gasteiger partial charge in [0.05, 0.1) is 11.0 Å². The number of nitrogens with two attached hydrogens (primary N) is 1. The minimum atomic E-state index is 0.00316. The van der Waals surface area contributed by atoms with E-state index in [2.05, 4.69) is 13.8 Å². The quantitative estimate of drug-likeness (QED) is 0.768. The molecule has 92 valence electrons. The lowest BCUT2D eigenvalue weighted by Gasteiger charge is -2.35. The molecule has 1 saturated heterocycles. The van der Waals surface area contributed by atoms with E-state index in [0.717, 1.165) is 32.2 Å². The van der Waals surface area contributed by atoms with Crippen LogP contribution in [0.4, 0.5) is 0 Å². The van der Waals surface area contributed by atoms with Gasteiger partial charge in [0.1, 0.15) is 0 Å². The highest BCUT2D eigenvalue weighted by Crippen LogP contribution is 2.19. The summed E-state index contributed by atoms with van der Waals surface area (Å²) in [7, 11) is 0. The van der Waals surface area contributed by atoms with Crippen LogP contribution >= 0.6 is 12.2 Å². The Morgan fingerprint density at radius 1 is 1.50 bits per heavy atom. The maximum atomic E-state index is 12.0. The molecule has 1 rings (SSSR count). The fourth-order valence-electron chi connectivity index (χ4n) is 2.08. The van der Waals surface area contributed by atoms with Crippen LogP contribution in [0.25, 0.3) is 0 Å². The van der Waals surface area contributed by atoms with E-state index in [0.29, 0.717) is 17.3 Å². The average Bonchev–Trinajstić information content (AvgIpc) is 2.25. The third-order valence-electron chi connectivity index (χ3n) is 3.09. The fourth-order valence-corrected chi connectivity index (χ4v) is 2.33. The van der Waals surface area contributed by atoms with Crippen molar-refractivity contribution in [1.29, 1.82) is 0 Å². The number of piperidine rings is 1. The van der Waals surface area contributed by atoms with E-state index < -0.39 is 0 Å². The van der Waals surface area contributed by atoms with Crippen molar-refractivity contribution in [2.45, 2.75) is 52.0 Å². The number of hydrogen-bond donors (Lipinski definition) is 1. The largest absolute Gasteiger partial charge is 0.392 e. The third kappa shape index (κ3) is 3.74. The monoisotopic (exact) mass is 242 g/mol. The Morgan fingerprint density at radius 3 is 2.75 bits per heavy atom. The first kappa shape index (κ1) is 13.4. The van der Waals surface area contributed by atoms with Crippen LogP contribution in [0.2, 0.25) is 0 Å². The summed E-state index contributed by atoms with van der Waals surface area (Å²) >= 11 is 5.03. The number of likely N-dealkylation sites (tertiary alicyclic amines) is 1. The highest BCUT2D eigenvalue weighted by molar-refractivity contribution is 7.80. The van der Waals surface area contributed by atoms with Gasteiger partial charge in [-0.2, -0.15) is 0 Å². The lowest BCUT2D eigenvalue weighted by molar-refractivity contribution is -0.133. The van der Waals surface area contributed by atoms with Gasteiger partial charge < -0.3 is 10.6 Å². The normalized spacial score (nSPS) is 21.2. The molecule has 0 aromatic rings. The number of hydrogen-bond acceptors (Lipinski definition) is 2. The Bertz CT molecular complexity index is 266. The van der Waals surface area contributed by atoms with E-state index in [1.165, 1.54) is 0 Å². The van der Waals surface area contributed by atoms with E-state index in [1.807, 2.05) is 4.90 Å². The van der Waals surface area contributed by atoms with Crippen molar-refractivity contribution in [3.05, 3.63) is 0 Å². The summed E-state index contributed by atoms with van der Waals surface area (Å²) < 4.78 is 0. The van der Waals surface area contributed by atoms with Crippen LogP contribution < -0.4 is 5.73 Å². The minimum Gasteiger partial charge on any atom is -0.392 e. The molecule has 0 aromatic heterocycles. The molecule has 1 aliphatic rings. The van der Waals surface area contributed by atoms with Crippen molar-refractivity contribution in [2.75, 3.05) is 6.54 Å². The van der Waals surface area contributed by atoms with Crippen molar-refractivity contribution in [3.8, 4) is 0 Å². The van der Waals surface area contributed by atoms with E-state index in [1.54, 1.807) is 0 Å². The zero-order valence-electron chi connectivity index (χ0n) is 10.2. The van der Waals surface area contributed by atoms with Crippen molar-refractivity contribution in [2.24, 2.45) is 11.7 Å². The molecular formula is C12H22N2OS. The van der Waals surface area contributed by atoms with Gasteiger partial charge in [0.25, 0.3) is 0 Å².